The lowest BCUT2D eigenvalue weighted by Crippen LogP contribution is -2.28. The molecule has 2 rings (SSSR count). The second-order valence-electron chi connectivity index (χ2n) is 5.30. The van der Waals surface area contributed by atoms with E-state index in [4.69, 9.17) is 0 Å². The highest BCUT2D eigenvalue weighted by atomic mass is 16.3. The molecule has 1 saturated heterocycles. The van der Waals surface area contributed by atoms with Gasteiger partial charge in [0.15, 0.2) is 0 Å². The normalized spacial score (nSPS) is 40.1. The van der Waals surface area contributed by atoms with Crippen LogP contribution in [0.15, 0.2) is 0 Å². The van der Waals surface area contributed by atoms with Crippen LogP contribution in [-0.4, -0.2) is 35.7 Å². The second-order valence-corrected chi connectivity index (χ2v) is 5.30. The van der Waals surface area contributed by atoms with Crippen molar-refractivity contribution in [1.29, 1.82) is 0 Å². The Morgan fingerprint density at radius 3 is 2.79 bits per heavy atom. The van der Waals surface area contributed by atoms with Gasteiger partial charge < -0.3 is 10.0 Å². The van der Waals surface area contributed by atoms with Gasteiger partial charge in [-0.05, 0) is 24.7 Å². The van der Waals surface area contributed by atoms with Crippen LogP contribution in [0.3, 0.4) is 0 Å². The molecule has 0 aromatic heterocycles. The molecule has 82 valence electrons. The van der Waals surface area contributed by atoms with E-state index in [0.717, 1.165) is 24.8 Å². The van der Waals surface area contributed by atoms with Crippen molar-refractivity contribution in [3.63, 3.8) is 0 Å². The van der Waals surface area contributed by atoms with Crippen molar-refractivity contribution in [2.24, 2.45) is 17.8 Å². The maximum atomic E-state index is 9.78. The summed E-state index contributed by atoms with van der Waals surface area (Å²) < 4.78 is 0. The van der Waals surface area contributed by atoms with Gasteiger partial charge in [-0.1, -0.05) is 20.3 Å². The number of aliphatic hydroxyl groups excluding tert-OH is 1. The predicted molar refractivity (Wildman–Crippen MR) is 58.1 cm³/mol. The molecule has 2 heteroatoms. The van der Waals surface area contributed by atoms with Crippen molar-refractivity contribution in [3.8, 4) is 0 Å². The SMILES string of the molecule is CCC(C)CN1CC2CCC(O)C2C1. The third-order valence-electron chi connectivity index (χ3n) is 4.16. The minimum absolute atomic E-state index is 0.00179. The molecule has 1 saturated carbocycles. The fourth-order valence-corrected chi connectivity index (χ4v) is 3.05. The van der Waals surface area contributed by atoms with E-state index in [1.807, 2.05) is 0 Å². The minimum atomic E-state index is 0.00179. The van der Waals surface area contributed by atoms with E-state index in [1.165, 1.54) is 25.9 Å². The van der Waals surface area contributed by atoms with E-state index < -0.39 is 0 Å². The fraction of sp³-hybridized carbons (Fsp3) is 1.00. The van der Waals surface area contributed by atoms with Crippen LogP contribution in [0.25, 0.3) is 0 Å². The molecule has 1 heterocycles. The van der Waals surface area contributed by atoms with E-state index >= 15 is 0 Å². The summed E-state index contributed by atoms with van der Waals surface area (Å²) >= 11 is 0. The van der Waals surface area contributed by atoms with Crippen LogP contribution < -0.4 is 0 Å². The van der Waals surface area contributed by atoms with E-state index in [9.17, 15) is 5.11 Å². The Morgan fingerprint density at radius 1 is 1.36 bits per heavy atom. The molecule has 14 heavy (non-hydrogen) atoms. The first-order valence-corrected chi connectivity index (χ1v) is 6.11. The number of fused-ring (bicyclic) bond motifs is 1. The number of hydrogen-bond donors (Lipinski definition) is 1. The van der Waals surface area contributed by atoms with Crippen molar-refractivity contribution < 1.29 is 5.11 Å². The Labute approximate surface area is 87.3 Å². The van der Waals surface area contributed by atoms with Crippen LogP contribution in [0, 0.1) is 17.8 Å². The molecule has 0 bridgehead atoms. The predicted octanol–water partition coefficient (Wildman–Crippen LogP) is 1.74. The number of hydrogen-bond acceptors (Lipinski definition) is 2. The zero-order valence-electron chi connectivity index (χ0n) is 9.45. The second kappa shape index (κ2) is 4.19. The number of likely N-dealkylation sites (tertiary alicyclic amines) is 1. The molecule has 1 aliphatic carbocycles. The lowest BCUT2D eigenvalue weighted by atomic mass is 10.00. The molecule has 4 unspecified atom stereocenters. The van der Waals surface area contributed by atoms with Crippen LogP contribution >= 0.6 is 0 Å². The summed E-state index contributed by atoms with van der Waals surface area (Å²) in [6, 6.07) is 0. The maximum Gasteiger partial charge on any atom is 0.0583 e. The van der Waals surface area contributed by atoms with Crippen molar-refractivity contribution in [2.45, 2.75) is 39.2 Å². The Bertz CT molecular complexity index is 195. The average Bonchev–Trinajstić information content (AvgIpc) is 2.69. The highest BCUT2D eigenvalue weighted by Gasteiger charge is 2.41. The van der Waals surface area contributed by atoms with Gasteiger partial charge in [-0.3, -0.25) is 0 Å². The third-order valence-corrected chi connectivity index (χ3v) is 4.16. The fourth-order valence-electron chi connectivity index (χ4n) is 3.05. The van der Waals surface area contributed by atoms with Gasteiger partial charge in [0, 0.05) is 25.6 Å². The lowest BCUT2D eigenvalue weighted by molar-refractivity contribution is 0.122. The summed E-state index contributed by atoms with van der Waals surface area (Å²) in [7, 11) is 0. The van der Waals surface area contributed by atoms with Gasteiger partial charge in [0.05, 0.1) is 6.10 Å². The Balaban J connectivity index is 1.83. The number of nitrogens with zero attached hydrogens (tertiary/aromatic N) is 1. The monoisotopic (exact) mass is 197 g/mol. The van der Waals surface area contributed by atoms with Crippen molar-refractivity contribution >= 4 is 0 Å². The first-order valence-electron chi connectivity index (χ1n) is 6.11. The van der Waals surface area contributed by atoms with Crippen LogP contribution in [0.1, 0.15) is 33.1 Å². The molecule has 1 N–H and O–H groups in total. The van der Waals surface area contributed by atoms with E-state index in [0.29, 0.717) is 5.92 Å². The molecule has 1 aliphatic heterocycles. The van der Waals surface area contributed by atoms with E-state index in [1.54, 1.807) is 0 Å². The van der Waals surface area contributed by atoms with Gasteiger partial charge in [-0.2, -0.15) is 0 Å². The Morgan fingerprint density at radius 2 is 2.14 bits per heavy atom. The number of aliphatic hydroxyl groups is 1. The molecule has 0 aromatic carbocycles. The molecule has 2 fully saturated rings. The third kappa shape index (κ3) is 1.96. The minimum Gasteiger partial charge on any atom is -0.393 e. The smallest absolute Gasteiger partial charge is 0.0583 e. The Kier molecular flexibility index (Phi) is 3.13. The van der Waals surface area contributed by atoms with Crippen molar-refractivity contribution in [2.75, 3.05) is 19.6 Å². The van der Waals surface area contributed by atoms with Crippen LogP contribution in [0.5, 0.6) is 0 Å². The molecule has 0 spiro atoms. The molecule has 2 nitrogen and oxygen atoms in total. The van der Waals surface area contributed by atoms with Crippen LogP contribution in [0.2, 0.25) is 0 Å². The van der Waals surface area contributed by atoms with Gasteiger partial charge in [0.2, 0.25) is 0 Å². The zero-order valence-corrected chi connectivity index (χ0v) is 9.45. The van der Waals surface area contributed by atoms with Gasteiger partial charge in [-0.15, -0.1) is 0 Å². The van der Waals surface area contributed by atoms with Gasteiger partial charge in [0.25, 0.3) is 0 Å². The Hall–Kier alpha value is -0.0800. The average molecular weight is 197 g/mol. The molecule has 0 amide bonds. The van der Waals surface area contributed by atoms with Gasteiger partial charge >= 0.3 is 0 Å². The summed E-state index contributed by atoms with van der Waals surface area (Å²) in [6.07, 6.45) is 3.57. The summed E-state index contributed by atoms with van der Waals surface area (Å²) in [5.41, 5.74) is 0. The molecule has 0 radical (unpaired) electrons. The van der Waals surface area contributed by atoms with E-state index in [-0.39, 0.29) is 6.10 Å². The quantitative estimate of drug-likeness (QED) is 0.745. The lowest BCUT2D eigenvalue weighted by Gasteiger charge is -2.21. The van der Waals surface area contributed by atoms with E-state index in [2.05, 4.69) is 18.7 Å². The van der Waals surface area contributed by atoms with Gasteiger partial charge in [-0.25, -0.2) is 0 Å². The molecular weight excluding hydrogens is 174 g/mol. The summed E-state index contributed by atoms with van der Waals surface area (Å²) in [5.74, 6) is 2.21. The van der Waals surface area contributed by atoms with Gasteiger partial charge in [0.1, 0.15) is 0 Å². The standard InChI is InChI=1S/C12H23NO/c1-3-9(2)6-13-7-10-4-5-12(14)11(10)8-13/h9-12,14H,3-8H2,1-2H3. The summed E-state index contributed by atoms with van der Waals surface area (Å²) in [6.45, 7) is 8.21. The first-order chi connectivity index (χ1) is 6.70. The first kappa shape index (κ1) is 10.4. The molecule has 4 atom stereocenters. The number of rotatable bonds is 3. The molecular formula is C12H23NO. The largest absolute Gasteiger partial charge is 0.393 e. The summed E-state index contributed by atoms with van der Waals surface area (Å²) in [5, 5.41) is 9.78. The topological polar surface area (TPSA) is 23.5 Å². The van der Waals surface area contributed by atoms with Crippen molar-refractivity contribution in [3.05, 3.63) is 0 Å². The molecule has 2 aliphatic rings. The highest BCUT2D eigenvalue weighted by Crippen LogP contribution is 2.38. The van der Waals surface area contributed by atoms with Crippen LogP contribution in [0.4, 0.5) is 0 Å². The summed E-state index contributed by atoms with van der Waals surface area (Å²) in [4.78, 5) is 2.56. The zero-order chi connectivity index (χ0) is 10.1. The maximum absolute atomic E-state index is 9.78. The van der Waals surface area contributed by atoms with Crippen molar-refractivity contribution in [1.82, 2.24) is 4.90 Å². The van der Waals surface area contributed by atoms with Crippen LogP contribution in [-0.2, 0) is 0 Å². The highest BCUT2D eigenvalue weighted by molar-refractivity contribution is 4.93. The molecule has 0 aromatic rings.